The van der Waals surface area contributed by atoms with Crippen LogP contribution in [0.2, 0.25) is 0 Å². The van der Waals surface area contributed by atoms with Crippen LogP contribution in [0, 0.1) is 29.1 Å². The average Bonchev–Trinajstić information content (AvgIpc) is 3.68. The summed E-state index contributed by atoms with van der Waals surface area (Å²) in [5.74, 6) is -11.3. The van der Waals surface area contributed by atoms with Crippen molar-refractivity contribution in [2.75, 3.05) is 0 Å². The Kier molecular flexibility index (Phi) is 11.0. The van der Waals surface area contributed by atoms with Gasteiger partial charge < -0.3 is 37.9 Å². The molecule has 4 aliphatic rings. The number of carbonyl (C=O) groups excluding carboxylic acids is 8. The summed E-state index contributed by atoms with van der Waals surface area (Å²) in [7, 11) is 0. The number of rotatable bonds is 8. The van der Waals surface area contributed by atoms with Crippen molar-refractivity contribution in [2.45, 2.75) is 149 Å². The first kappa shape index (κ1) is 40.7. The molecule has 3 saturated carbocycles. The highest BCUT2D eigenvalue weighted by Crippen LogP contribution is 2.65. The molecule has 4 rings (SSSR count). The van der Waals surface area contributed by atoms with Gasteiger partial charge in [-0.25, -0.2) is 0 Å². The fourth-order valence-electron chi connectivity index (χ4n) is 8.96. The molecule has 1 aliphatic heterocycles. The van der Waals surface area contributed by atoms with Crippen molar-refractivity contribution in [3.63, 3.8) is 0 Å². The van der Waals surface area contributed by atoms with Gasteiger partial charge in [0.25, 0.3) is 0 Å². The fraction of sp³-hybridized carbons (Fsp3) is 0.778. The minimum absolute atomic E-state index is 0.170. The van der Waals surface area contributed by atoms with Crippen LogP contribution in [-0.4, -0.2) is 101 Å². The topological polar surface area (TPSA) is 214 Å². The van der Waals surface area contributed by atoms with Gasteiger partial charge in [0.15, 0.2) is 29.2 Å². The molecule has 16 heteroatoms. The highest BCUT2D eigenvalue weighted by molar-refractivity contribution is 5.94. The molecule has 16 nitrogen and oxygen atoms in total. The second-order valence-corrected chi connectivity index (χ2v) is 15.6. The van der Waals surface area contributed by atoms with Gasteiger partial charge in [0.2, 0.25) is 0 Å². The van der Waals surface area contributed by atoms with E-state index in [1.807, 2.05) is 0 Å². The van der Waals surface area contributed by atoms with E-state index in [0.717, 1.165) is 41.5 Å². The van der Waals surface area contributed by atoms with Crippen molar-refractivity contribution in [2.24, 2.45) is 29.1 Å². The van der Waals surface area contributed by atoms with Gasteiger partial charge in [-0.15, -0.1) is 0 Å². The lowest BCUT2D eigenvalue weighted by molar-refractivity contribution is -0.224. The van der Waals surface area contributed by atoms with Crippen LogP contribution in [0.15, 0.2) is 0 Å². The zero-order chi connectivity index (χ0) is 39.5. The first-order chi connectivity index (χ1) is 23.8. The Morgan fingerprint density at radius 2 is 1.15 bits per heavy atom. The molecule has 0 radical (unpaired) electrons. The SMILES string of the molecule is CC(=O)O[C@H]1[C@@H]2C[C@@]3(O[C@H]3C(C)(C)[C@H](OC(C)=O)[C@H]1OC(C)=O)[C@@H](C)C(=O)[C@@]1(OC(C)=O)C[C@@](C)(OC(=O)C(C)C)[C@H](OC(C)=O)[C@@H]1[C@H]2OC(C)=O. The van der Waals surface area contributed by atoms with E-state index in [4.69, 9.17) is 37.9 Å². The third kappa shape index (κ3) is 7.14. The molecule has 2 bridgehead atoms. The predicted molar refractivity (Wildman–Crippen MR) is 173 cm³/mol. The molecule has 3 aliphatic carbocycles. The lowest BCUT2D eigenvalue weighted by atomic mass is 9.59. The first-order valence-corrected chi connectivity index (χ1v) is 17.3. The summed E-state index contributed by atoms with van der Waals surface area (Å²) in [6, 6.07) is 0. The number of esters is 7. The molecule has 1 heterocycles. The third-order valence-corrected chi connectivity index (χ3v) is 10.8. The van der Waals surface area contributed by atoms with Crippen molar-refractivity contribution in [1.29, 1.82) is 0 Å². The number of hydrogen-bond acceptors (Lipinski definition) is 16. The third-order valence-electron chi connectivity index (χ3n) is 10.8. The van der Waals surface area contributed by atoms with Crippen LogP contribution in [-0.2, 0) is 76.3 Å². The maximum atomic E-state index is 15.3. The molecule has 1 spiro atoms. The molecule has 4 fully saturated rings. The number of ketones is 1. The van der Waals surface area contributed by atoms with Gasteiger partial charge in [-0.3, -0.25) is 38.4 Å². The van der Waals surface area contributed by atoms with E-state index < -0.39 is 137 Å². The van der Waals surface area contributed by atoms with Crippen molar-refractivity contribution in [3.8, 4) is 0 Å². The van der Waals surface area contributed by atoms with Gasteiger partial charge in [-0.05, 0) is 13.3 Å². The van der Waals surface area contributed by atoms with Crippen molar-refractivity contribution in [1.82, 2.24) is 0 Å². The Labute approximate surface area is 302 Å². The Hall–Kier alpha value is -4.08. The standard InChI is InChI=1S/C36H50O16/c1-15(2)31(44)51-34(12)14-36(50-22(9)42)24(29(34)48-20(7)40)25(45-17(4)37)23-13-35(16(3)28(36)43)32(52-35)33(10,11)30(49-21(8)41)27(47-19(6)39)26(23)46-18(5)38/h15-16,23-27,29-30,32H,13-14H2,1-12H3/t16-,23+,24-,25-,26-,27-,29+,30+,32-,34+,35+,36+/m0/s1. The lowest BCUT2D eigenvalue weighted by Gasteiger charge is -2.51. The van der Waals surface area contributed by atoms with E-state index in [2.05, 4.69) is 0 Å². The second-order valence-electron chi connectivity index (χ2n) is 15.6. The predicted octanol–water partition coefficient (Wildman–Crippen LogP) is 2.33. The van der Waals surface area contributed by atoms with Crippen LogP contribution in [0.1, 0.15) is 95.9 Å². The van der Waals surface area contributed by atoms with Gasteiger partial charge in [-0.2, -0.15) is 0 Å². The molecule has 0 aromatic rings. The summed E-state index contributed by atoms with van der Waals surface area (Å²) in [6.07, 6.45) is -9.31. The van der Waals surface area contributed by atoms with Gasteiger partial charge in [0.05, 0.1) is 23.9 Å². The van der Waals surface area contributed by atoms with Crippen LogP contribution in [0.5, 0.6) is 0 Å². The van der Waals surface area contributed by atoms with Crippen molar-refractivity contribution < 1.29 is 76.3 Å². The quantitative estimate of drug-likeness (QED) is 0.198. The van der Waals surface area contributed by atoms with Crippen LogP contribution < -0.4 is 0 Å². The molecule has 0 aromatic carbocycles. The summed E-state index contributed by atoms with van der Waals surface area (Å²) in [4.78, 5) is 106. The maximum Gasteiger partial charge on any atom is 0.309 e. The summed E-state index contributed by atoms with van der Waals surface area (Å²) in [6.45, 7) is 16.1. The van der Waals surface area contributed by atoms with E-state index in [-0.39, 0.29) is 6.42 Å². The molecule has 1 saturated heterocycles. The highest BCUT2D eigenvalue weighted by atomic mass is 16.6. The summed E-state index contributed by atoms with van der Waals surface area (Å²) < 4.78 is 48.1. The Morgan fingerprint density at radius 1 is 0.673 bits per heavy atom. The molecule has 0 unspecified atom stereocenters. The normalized spacial score (nSPS) is 38.7. The van der Waals surface area contributed by atoms with Crippen LogP contribution in [0.3, 0.4) is 0 Å². The number of fused-ring (bicyclic) bond motifs is 2. The summed E-state index contributed by atoms with van der Waals surface area (Å²) in [5, 5.41) is 0. The van der Waals surface area contributed by atoms with Crippen LogP contribution in [0.25, 0.3) is 0 Å². The van der Waals surface area contributed by atoms with Crippen molar-refractivity contribution in [3.05, 3.63) is 0 Å². The monoisotopic (exact) mass is 738 g/mol. The molecular weight excluding hydrogens is 688 g/mol. The molecule has 0 N–H and O–H groups in total. The van der Waals surface area contributed by atoms with E-state index in [1.54, 1.807) is 34.6 Å². The lowest BCUT2D eigenvalue weighted by Crippen LogP contribution is -2.67. The fourth-order valence-corrected chi connectivity index (χ4v) is 8.96. The molecule has 290 valence electrons. The smallest absolute Gasteiger partial charge is 0.309 e. The Morgan fingerprint density at radius 3 is 1.63 bits per heavy atom. The van der Waals surface area contributed by atoms with E-state index in [0.29, 0.717) is 0 Å². The van der Waals surface area contributed by atoms with Crippen molar-refractivity contribution >= 4 is 47.6 Å². The first-order valence-electron chi connectivity index (χ1n) is 17.3. The molecular formula is C36H50O16. The Bertz CT molecular complexity index is 1530. The second kappa shape index (κ2) is 14.0. The van der Waals surface area contributed by atoms with Gasteiger partial charge in [0, 0.05) is 59.3 Å². The zero-order valence-corrected chi connectivity index (χ0v) is 31.7. The molecule has 0 amide bonds. The minimum atomic E-state index is -2.30. The number of ether oxygens (including phenoxy) is 8. The number of hydrogen-bond donors (Lipinski definition) is 0. The van der Waals surface area contributed by atoms with E-state index >= 15 is 4.79 Å². The molecule has 0 aromatic heterocycles. The van der Waals surface area contributed by atoms with Gasteiger partial charge in [-0.1, -0.05) is 34.6 Å². The summed E-state index contributed by atoms with van der Waals surface area (Å²) in [5.41, 5.74) is -6.83. The number of carbonyl (C=O) groups is 8. The van der Waals surface area contributed by atoms with Crippen LogP contribution >= 0.6 is 0 Å². The highest BCUT2D eigenvalue weighted by Gasteiger charge is 2.80. The largest absolute Gasteiger partial charge is 0.461 e. The minimum Gasteiger partial charge on any atom is -0.461 e. The number of Topliss-reactive ketones (excluding diaryl/α,β-unsaturated/α-hetero) is 1. The maximum absolute atomic E-state index is 15.3. The summed E-state index contributed by atoms with van der Waals surface area (Å²) >= 11 is 0. The molecule has 12 atom stereocenters. The Balaban J connectivity index is 2.16. The molecule has 52 heavy (non-hydrogen) atoms. The van der Waals surface area contributed by atoms with E-state index in [1.165, 1.54) is 6.92 Å². The van der Waals surface area contributed by atoms with Crippen LogP contribution in [0.4, 0.5) is 0 Å². The average molecular weight is 739 g/mol. The van der Waals surface area contributed by atoms with E-state index in [9.17, 15) is 33.6 Å². The number of epoxide rings is 1. The zero-order valence-electron chi connectivity index (χ0n) is 31.7. The van der Waals surface area contributed by atoms with Gasteiger partial charge in [0.1, 0.15) is 23.9 Å². The van der Waals surface area contributed by atoms with Gasteiger partial charge >= 0.3 is 41.8 Å².